The van der Waals surface area contributed by atoms with E-state index in [1.54, 1.807) is 6.34 Å². The zero-order valence-corrected chi connectivity index (χ0v) is 19.0. The van der Waals surface area contributed by atoms with Crippen LogP contribution in [0.2, 0.25) is 0 Å². The third-order valence-corrected chi connectivity index (χ3v) is 5.59. The van der Waals surface area contributed by atoms with Gasteiger partial charge in [0, 0.05) is 6.04 Å². The lowest BCUT2D eigenvalue weighted by molar-refractivity contribution is -0.176. The lowest BCUT2D eigenvalue weighted by atomic mass is 9.98. The molecule has 2 atom stereocenters. The van der Waals surface area contributed by atoms with Crippen molar-refractivity contribution in [3.63, 3.8) is 0 Å². The summed E-state index contributed by atoms with van der Waals surface area (Å²) >= 11 is 0. The zero-order chi connectivity index (χ0) is 21.2. The Balaban J connectivity index is 1.98. The first-order valence-electron chi connectivity index (χ1n) is 12.0. The van der Waals surface area contributed by atoms with Gasteiger partial charge in [0.2, 0.25) is 0 Å². The van der Waals surface area contributed by atoms with Crippen molar-refractivity contribution in [1.82, 2.24) is 5.06 Å². The molecule has 0 spiro atoms. The summed E-state index contributed by atoms with van der Waals surface area (Å²) in [4.78, 5) is 21.7. The molecule has 0 saturated heterocycles. The van der Waals surface area contributed by atoms with Gasteiger partial charge in [0.15, 0.2) is 0 Å². The predicted octanol–water partition coefficient (Wildman–Crippen LogP) is 5.79. The van der Waals surface area contributed by atoms with Crippen molar-refractivity contribution >= 4 is 12.3 Å². The minimum Gasteiger partial charge on any atom is -0.340 e. The number of aliphatic imine (C=N–C) groups is 1. The maximum Gasteiger partial charge on any atom is 0.337 e. The van der Waals surface area contributed by atoms with Gasteiger partial charge < -0.3 is 10.6 Å². The lowest BCUT2D eigenvalue weighted by Gasteiger charge is -2.20. The second-order valence-corrected chi connectivity index (χ2v) is 8.42. The summed E-state index contributed by atoms with van der Waals surface area (Å²) in [6.45, 7) is 5.44. The molecule has 0 saturated carbocycles. The van der Waals surface area contributed by atoms with E-state index >= 15 is 0 Å². The molecule has 29 heavy (non-hydrogen) atoms. The third kappa shape index (κ3) is 13.5. The quantitative estimate of drug-likeness (QED) is 0.231. The van der Waals surface area contributed by atoms with Crippen LogP contribution in [0, 0.1) is 5.92 Å². The second kappa shape index (κ2) is 17.5. The highest BCUT2D eigenvalue weighted by Gasteiger charge is 2.25. The number of rotatable bonds is 18. The van der Waals surface area contributed by atoms with Crippen molar-refractivity contribution < 1.29 is 9.63 Å². The van der Waals surface area contributed by atoms with Gasteiger partial charge in [-0.25, -0.2) is 4.79 Å². The van der Waals surface area contributed by atoms with Crippen molar-refractivity contribution in [3.8, 4) is 0 Å². The van der Waals surface area contributed by atoms with Gasteiger partial charge in [-0.1, -0.05) is 89.7 Å². The van der Waals surface area contributed by atoms with Crippen molar-refractivity contribution in [3.05, 3.63) is 12.2 Å². The van der Waals surface area contributed by atoms with Gasteiger partial charge in [0.25, 0.3) is 0 Å². The normalized spacial score (nSPS) is 15.9. The summed E-state index contributed by atoms with van der Waals surface area (Å²) in [5.41, 5.74) is 5.99. The van der Waals surface area contributed by atoms with Crippen molar-refractivity contribution in [2.75, 3.05) is 13.1 Å². The Bertz CT molecular complexity index is 463. The highest BCUT2D eigenvalue weighted by atomic mass is 16.7. The largest absolute Gasteiger partial charge is 0.340 e. The van der Waals surface area contributed by atoms with Crippen LogP contribution >= 0.6 is 0 Å². The Kier molecular flexibility index (Phi) is 15.5. The fraction of sp³-hybridized carbons (Fsp3) is 0.833. The Morgan fingerprint density at radius 3 is 2.14 bits per heavy atom. The van der Waals surface area contributed by atoms with Crippen LogP contribution in [0.3, 0.4) is 0 Å². The van der Waals surface area contributed by atoms with E-state index in [-0.39, 0.29) is 17.9 Å². The van der Waals surface area contributed by atoms with Gasteiger partial charge >= 0.3 is 5.97 Å². The standard InChI is InChI=1S/C24H45N3O2/c1-3-4-5-6-7-8-9-10-11-12-13-14-15-16-17-18-23(22(2)25)24(28)29-27-20-19-26-21-27/h16-17,21-23H,3-15,18-20,25H2,1-2H3/b17-16+. The molecule has 0 fully saturated rings. The summed E-state index contributed by atoms with van der Waals surface area (Å²) in [6.07, 6.45) is 24.0. The maximum absolute atomic E-state index is 12.3. The molecular weight excluding hydrogens is 362 g/mol. The number of carbonyl (C=O) groups excluding carboxylic acids is 1. The number of hydrogen-bond acceptors (Lipinski definition) is 5. The molecule has 0 aromatic carbocycles. The maximum atomic E-state index is 12.3. The van der Waals surface area contributed by atoms with E-state index in [9.17, 15) is 4.79 Å². The molecule has 1 heterocycles. The molecule has 5 heteroatoms. The van der Waals surface area contributed by atoms with Gasteiger partial charge in [-0.3, -0.25) is 4.99 Å². The monoisotopic (exact) mass is 407 g/mol. The van der Waals surface area contributed by atoms with Crippen LogP contribution < -0.4 is 5.73 Å². The smallest absolute Gasteiger partial charge is 0.337 e. The molecule has 0 amide bonds. The molecule has 0 aromatic rings. The third-order valence-electron chi connectivity index (χ3n) is 5.59. The number of nitrogens with zero attached hydrogens (tertiary/aromatic N) is 2. The first-order valence-corrected chi connectivity index (χ1v) is 12.0. The SMILES string of the molecule is CCCCCCCCCCCCCC/C=C/CC(C(=O)ON1C=NCC1)C(C)N. The molecule has 1 aliphatic heterocycles. The van der Waals surface area contributed by atoms with Gasteiger partial charge in [0.05, 0.1) is 19.0 Å². The van der Waals surface area contributed by atoms with Crippen molar-refractivity contribution in [2.24, 2.45) is 16.6 Å². The van der Waals surface area contributed by atoms with Crippen molar-refractivity contribution in [2.45, 2.75) is 110 Å². The Morgan fingerprint density at radius 2 is 1.62 bits per heavy atom. The van der Waals surface area contributed by atoms with E-state index in [1.807, 2.05) is 6.92 Å². The van der Waals surface area contributed by atoms with Crippen LogP contribution in [0.4, 0.5) is 0 Å². The number of unbranched alkanes of at least 4 members (excludes halogenated alkanes) is 12. The molecule has 1 rings (SSSR count). The van der Waals surface area contributed by atoms with Crippen LogP contribution in [-0.4, -0.2) is 36.5 Å². The van der Waals surface area contributed by atoms with Gasteiger partial charge in [0.1, 0.15) is 6.34 Å². The molecule has 0 bridgehead atoms. The Hall–Kier alpha value is -1.36. The number of carbonyl (C=O) groups is 1. The molecule has 2 unspecified atom stereocenters. The van der Waals surface area contributed by atoms with E-state index in [4.69, 9.17) is 10.6 Å². The zero-order valence-electron chi connectivity index (χ0n) is 19.0. The van der Waals surface area contributed by atoms with Crippen LogP contribution in [0.1, 0.15) is 104 Å². The molecule has 168 valence electrons. The van der Waals surface area contributed by atoms with E-state index < -0.39 is 0 Å². The summed E-state index contributed by atoms with van der Waals surface area (Å²) in [7, 11) is 0. The van der Waals surface area contributed by atoms with E-state index in [0.717, 1.165) is 6.42 Å². The highest BCUT2D eigenvalue weighted by Crippen LogP contribution is 2.15. The summed E-state index contributed by atoms with van der Waals surface area (Å²) in [5.74, 6) is -0.564. The van der Waals surface area contributed by atoms with Crippen LogP contribution in [0.15, 0.2) is 17.1 Å². The summed E-state index contributed by atoms with van der Waals surface area (Å²) in [6, 6.07) is -0.224. The minimum atomic E-state index is -0.303. The van der Waals surface area contributed by atoms with Crippen LogP contribution in [0.5, 0.6) is 0 Å². The average molecular weight is 408 g/mol. The number of hydroxylamine groups is 2. The van der Waals surface area contributed by atoms with Crippen molar-refractivity contribution in [1.29, 1.82) is 0 Å². The van der Waals surface area contributed by atoms with Crippen LogP contribution in [0.25, 0.3) is 0 Å². The fourth-order valence-electron chi connectivity index (χ4n) is 3.60. The summed E-state index contributed by atoms with van der Waals surface area (Å²) < 4.78 is 0. The molecule has 2 N–H and O–H groups in total. The Labute approximate surface area is 179 Å². The average Bonchev–Trinajstić information content (AvgIpc) is 3.20. The number of hydrogen-bond donors (Lipinski definition) is 1. The molecule has 5 nitrogen and oxygen atoms in total. The first-order chi connectivity index (χ1) is 14.1. The minimum absolute atomic E-state index is 0.224. The topological polar surface area (TPSA) is 67.9 Å². The van der Waals surface area contributed by atoms with Gasteiger partial charge in [-0.15, -0.1) is 0 Å². The molecule has 0 aromatic heterocycles. The number of nitrogens with two attached hydrogens (primary N) is 1. The molecular formula is C24H45N3O2. The van der Waals surface area contributed by atoms with Crippen LogP contribution in [-0.2, 0) is 9.63 Å². The molecule has 0 radical (unpaired) electrons. The Morgan fingerprint density at radius 1 is 1.03 bits per heavy atom. The van der Waals surface area contributed by atoms with Gasteiger partial charge in [-0.05, 0) is 26.2 Å². The van der Waals surface area contributed by atoms with E-state index in [1.165, 1.54) is 82.1 Å². The summed E-state index contributed by atoms with van der Waals surface area (Å²) in [5, 5.41) is 1.49. The second-order valence-electron chi connectivity index (χ2n) is 8.42. The fourth-order valence-corrected chi connectivity index (χ4v) is 3.60. The van der Waals surface area contributed by atoms with E-state index in [2.05, 4.69) is 24.1 Å². The first kappa shape index (κ1) is 25.7. The van der Waals surface area contributed by atoms with E-state index in [0.29, 0.717) is 19.5 Å². The lowest BCUT2D eigenvalue weighted by Crippen LogP contribution is -2.37. The molecule has 0 aliphatic carbocycles. The van der Waals surface area contributed by atoms with Gasteiger partial charge in [-0.2, -0.15) is 5.06 Å². The number of allylic oxidation sites excluding steroid dienone is 2. The highest BCUT2D eigenvalue weighted by molar-refractivity contribution is 5.74. The molecule has 1 aliphatic rings. The predicted molar refractivity (Wildman–Crippen MR) is 123 cm³/mol.